The van der Waals surface area contributed by atoms with Crippen LogP contribution in [0, 0.1) is 5.41 Å². The van der Waals surface area contributed by atoms with Crippen molar-refractivity contribution in [3.05, 3.63) is 119 Å². The molecule has 1 aliphatic carbocycles. The molecular formula is C57H75ClF3N6O11PS3. The van der Waals surface area contributed by atoms with Gasteiger partial charge in [0.1, 0.15) is 4.90 Å². The van der Waals surface area contributed by atoms with Gasteiger partial charge in [0, 0.05) is 98.4 Å². The van der Waals surface area contributed by atoms with Crippen molar-refractivity contribution in [3.8, 4) is 0 Å². The Morgan fingerprint density at radius 3 is 2.11 bits per heavy atom. The van der Waals surface area contributed by atoms with Crippen molar-refractivity contribution in [2.24, 2.45) is 5.41 Å². The van der Waals surface area contributed by atoms with E-state index in [1.807, 2.05) is 47.2 Å². The third kappa shape index (κ3) is 18.7. The summed E-state index contributed by atoms with van der Waals surface area (Å²) in [6.07, 6.45) is 2.67. The molecule has 450 valence electrons. The van der Waals surface area contributed by atoms with Crippen LogP contribution in [0.5, 0.6) is 0 Å². The first-order chi connectivity index (χ1) is 38.8. The molecule has 1 amide bonds. The van der Waals surface area contributed by atoms with Gasteiger partial charge in [-0.3, -0.25) is 18.8 Å². The standard InChI is InChI=1S/C57H75ClF3N6O11PS3/c1-6-76-79(70,77-41-75-55(69)78-42(2)3)36-10-26-64-28-30-65(31-29-64)27-24-47(40-80-49-11-8-7-9-12-49)62-52-22-21-50(37-53(52)81(71,72)57(59,60)61)82(73,74)63-54(68)44-15-19-48(20-16-44)67-34-32-66(33-35-67)39-45-38-56(4,5)25-23-51(45)43-13-17-46(58)18-14-43/h7-9,11-22,37,42,47,62H,6,10,23-36,38-41H2,1-5H3,(H,63,68)/t47-,79?/m1/s1. The van der Waals surface area contributed by atoms with E-state index in [0.29, 0.717) is 82.0 Å². The molecule has 3 aliphatic rings. The maximum absolute atomic E-state index is 14.5. The normalized spacial score (nSPS) is 18.0. The molecule has 2 atom stereocenters. The molecule has 25 heteroatoms. The van der Waals surface area contributed by atoms with E-state index in [0.717, 1.165) is 61.6 Å². The van der Waals surface area contributed by atoms with Crippen LogP contribution in [0.2, 0.25) is 5.02 Å². The Morgan fingerprint density at radius 2 is 1.48 bits per heavy atom. The zero-order valence-electron chi connectivity index (χ0n) is 47.0. The maximum Gasteiger partial charge on any atom is 0.510 e. The van der Waals surface area contributed by atoms with Crippen LogP contribution in [0.1, 0.15) is 82.6 Å². The monoisotopic (exact) mass is 1240 g/mol. The lowest BCUT2D eigenvalue weighted by Gasteiger charge is -2.39. The summed E-state index contributed by atoms with van der Waals surface area (Å²) in [4.78, 5) is 32.9. The second-order valence-corrected chi connectivity index (χ2v) is 28.9. The molecule has 2 aliphatic heterocycles. The first-order valence-electron chi connectivity index (χ1n) is 27.5. The average Bonchev–Trinajstić information content (AvgIpc) is 3.61. The Kier molecular flexibility index (Phi) is 22.9. The predicted octanol–water partition coefficient (Wildman–Crippen LogP) is 11.3. The van der Waals surface area contributed by atoms with Crippen LogP contribution in [-0.4, -0.2) is 159 Å². The van der Waals surface area contributed by atoms with Crippen LogP contribution in [-0.2, 0) is 42.9 Å². The molecule has 0 saturated carbocycles. The number of piperazine rings is 2. The van der Waals surface area contributed by atoms with E-state index >= 15 is 0 Å². The molecule has 17 nitrogen and oxygen atoms in total. The summed E-state index contributed by atoms with van der Waals surface area (Å²) < 4.78 is 133. The zero-order chi connectivity index (χ0) is 59.3. The van der Waals surface area contributed by atoms with E-state index in [1.54, 1.807) is 32.9 Å². The van der Waals surface area contributed by atoms with Crippen LogP contribution >= 0.6 is 31.0 Å². The number of benzene rings is 4. The number of hydrogen-bond donors (Lipinski definition) is 2. The van der Waals surface area contributed by atoms with Crippen molar-refractivity contribution >= 4 is 79.8 Å². The first kappa shape index (κ1) is 64.9. The van der Waals surface area contributed by atoms with E-state index in [9.17, 15) is 44.2 Å². The number of ether oxygens (including phenoxy) is 2. The van der Waals surface area contributed by atoms with Crippen LogP contribution in [0.3, 0.4) is 0 Å². The molecule has 2 heterocycles. The Balaban J connectivity index is 0.964. The van der Waals surface area contributed by atoms with Gasteiger partial charge in [0.05, 0.1) is 29.5 Å². The van der Waals surface area contributed by atoms with Gasteiger partial charge in [-0.05, 0) is 143 Å². The molecule has 2 saturated heterocycles. The fraction of sp³-hybridized carbons (Fsp3) is 0.509. The van der Waals surface area contributed by atoms with Gasteiger partial charge < -0.3 is 34.0 Å². The fourth-order valence-corrected chi connectivity index (χ4v) is 14.7. The largest absolute Gasteiger partial charge is 0.510 e. The lowest BCUT2D eigenvalue weighted by Crippen LogP contribution is -2.47. The SMILES string of the molecule is CCOP(=O)(CCCN1CCN(CC[C@H](CSc2ccccc2)Nc2ccc(S(=O)(=O)NC(=O)c3ccc(N4CCN(CC5=C(c6ccc(Cl)cc6)CCC(C)(C)C5)CC4)cc3)cc2S(=O)(=O)C(F)(F)F)CC1)OCOC(=O)OC(C)C. The predicted molar refractivity (Wildman–Crippen MR) is 315 cm³/mol. The molecule has 4 aromatic rings. The number of carbonyl (C=O) groups is 2. The van der Waals surface area contributed by atoms with Crippen LogP contribution in [0.4, 0.5) is 29.3 Å². The van der Waals surface area contributed by atoms with E-state index < -0.39 is 79.4 Å². The van der Waals surface area contributed by atoms with Gasteiger partial charge in [-0.25, -0.2) is 26.4 Å². The summed E-state index contributed by atoms with van der Waals surface area (Å²) in [7, 11) is -14.6. The van der Waals surface area contributed by atoms with Gasteiger partial charge in [0.15, 0.2) is 0 Å². The number of allylic oxidation sites excluding steroid dienone is 1. The van der Waals surface area contributed by atoms with Gasteiger partial charge in [0.2, 0.25) is 6.79 Å². The number of halogens is 4. The number of thioether (sulfide) groups is 1. The lowest BCUT2D eigenvalue weighted by atomic mass is 9.73. The third-order valence-electron chi connectivity index (χ3n) is 14.5. The van der Waals surface area contributed by atoms with E-state index in [1.165, 1.54) is 40.6 Å². The summed E-state index contributed by atoms with van der Waals surface area (Å²) in [6.45, 7) is 16.7. The number of nitrogens with zero attached hydrogens (tertiary/aromatic N) is 4. The number of sulfone groups is 1. The minimum absolute atomic E-state index is 0.0280. The van der Waals surface area contributed by atoms with Crippen LogP contribution < -0.4 is 14.9 Å². The summed E-state index contributed by atoms with van der Waals surface area (Å²) in [5, 5.41) is 3.72. The number of alkyl halides is 3. The maximum atomic E-state index is 14.5. The number of hydrogen-bond acceptors (Lipinski definition) is 17. The van der Waals surface area contributed by atoms with E-state index in [2.05, 4.69) is 50.9 Å². The molecule has 0 spiro atoms. The van der Waals surface area contributed by atoms with Gasteiger partial charge in [-0.1, -0.05) is 61.4 Å². The minimum atomic E-state index is -6.14. The van der Waals surface area contributed by atoms with Crippen molar-refractivity contribution in [1.29, 1.82) is 0 Å². The van der Waals surface area contributed by atoms with Crippen molar-refractivity contribution in [2.75, 3.05) is 108 Å². The molecule has 7 rings (SSSR count). The number of carbonyl (C=O) groups excluding carboxylic acids is 2. The molecule has 0 aromatic heterocycles. The van der Waals surface area contributed by atoms with Crippen LogP contribution in [0.25, 0.3) is 5.57 Å². The van der Waals surface area contributed by atoms with Gasteiger partial charge in [-0.2, -0.15) is 13.2 Å². The van der Waals surface area contributed by atoms with Crippen molar-refractivity contribution < 1.29 is 62.7 Å². The number of rotatable bonds is 26. The Bertz CT molecular complexity index is 3090. The summed E-state index contributed by atoms with van der Waals surface area (Å²) in [5.41, 5.74) is -1.23. The number of anilines is 2. The van der Waals surface area contributed by atoms with Gasteiger partial charge >= 0.3 is 19.3 Å². The minimum Gasteiger partial charge on any atom is -0.432 e. The molecule has 0 bridgehead atoms. The third-order valence-corrected chi connectivity index (χ3v) is 20.8. The Morgan fingerprint density at radius 1 is 0.829 bits per heavy atom. The zero-order valence-corrected chi connectivity index (χ0v) is 51.1. The number of sulfonamides is 1. The lowest BCUT2D eigenvalue weighted by molar-refractivity contribution is -0.0436. The highest BCUT2D eigenvalue weighted by Gasteiger charge is 2.48. The van der Waals surface area contributed by atoms with E-state index in [-0.39, 0.29) is 23.7 Å². The molecule has 4 aromatic carbocycles. The smallest absolute Gasteiger partial charge is 0.432 e. The molecule has 0 radical (unpaired) electrons. The van der Waals surface area contributed by atoms with Gasteiger partial charge in [0.25, 0.3) is 25.8 Å². The molecule has 2 N–H and O–H groups in total. The van der Waals surface area contributed by atoms with Crippen molar-refractivity contribution in [2.45, 2.75) is 99.1 Å². The number of amides is 1. The molecule has 82 heavy (non-hydrogen) atoms. The molecule has 2 fully saturated rings. The highest BCUT2D eigenvalue weighted by Crippen LogP contribution is 2.49. The molecular weight excluding hydrogens is 1160 g/mol. The molecule has 1 unspecified atom stereocenters. The van der Waals surface area contributed by atoms with E-state index in [4.69, 9.17) is 30.1 Å². The summed E-state index contributed by atoms with van der Waals surface area (Å²) in [5.74, 6) is -0.750. The topological polar surface area (TPSA) is 193 Å². The highest BCUT2D eigenvalue weighted by atomic mass is 35.5. The summed E-state index contributed by atoms with van der Waals surface area (Å²) in [6, 6.07) is 25.5. The van der Waals surface area contributed by atoms with Crippen molar-refractivity contribution in [3.63, 3.8) is 0 Å². The summed E-state index contributed by atoms with van der Waals surface area (Å²) >= 11 is 7.62. The highest BCUT2D eigenvalue weighted by molar-refractivity contribution is 7.99. The average molecular weight is 1240 g/mol. The first-order valence-corrected chi connectivity index (χ1v) is 33.6. The Labute approximate surface area is 490 Å². The second kappa shape index (κ2) is 28.9. The fourth-order valence-electron chi connectivity index (χ4n) is 10.1. The quantitative estimate of drug-likeness (QED) is 0.0261. The van der Waals surface area contributed by atoms with Gasteiger partial charge in [-0.15, -0.1) is 11.8 Å². The second-order valence-electron chi connectivity index (χ2n) is 21.6. The number of nitrogens with one attached hydrogen (secondary N) is 2. The van der Waals surface area contributed by atoms with Crippen molar-refractivity contribution in [1.82, 2.24) is 19.4 Å². The Hall–Kier alpha value is -4.68. The van der Waals surface area contributed by atoms with Crippen LogP contribution in [0.15, 0.2) is 117 Å².